The van der Waals surface area contributed by atoms with Crippen LogP contribution in [-0.2, 0) is 9.47 Å². The van der Waals surface area contributed by atoms with Gasteiger partial charge < -0.3 is 40.1 Å². The quantitative estimate of drug-likeness (QED) is 0.260. The highest BCUT2D eigenvalue weighted by molar-refractivity contribution is 5.34. The van der Waals surface area contributed by atoms with Gasteiger partial charge in [-0.1, -0.05) is 60.1 Å². The van der Waals surface area contributed by atoms with Crippen LogP contribution in [0.5, 0.6) is 0 Å². The van der Waals surface area contributed by atoms with E-state index in [4.69, 9.17) is 9.47 Å². The Bertz CT molecular complexity index is 1140. The number of allylic oxidation sites excluding steroid dienone is 2. The number of hydrogen-bond acceptors (Lipinski definition) is 8. The van der Waals surface area contributed by atoms with E-state index >= 15 is 0 Å². The van der Waals surface area contributed by atoms with Gasteiger partial charge in [0.1, 0.15) is 24.4 Å². The first-order valence-corrected chi connectivity index (χ1v) is 17.4. The minimum absolute atomic E-state index is 0.0147. The van der Waals surface area contributed by atoms with Gasteiger partial charge >= 0.3 is 0 Å². The van der Waals surface area contributed by atoms with Gasteiger partial charge in [0.05, 0.1) is 25.4 Å². The zero-order valence-electron chi connectivity index (χ0n) is 28.1. The third-order valence-electron chi connectivity index (χ3n) is 15.4. The van der Waals surface area contributed by atoms with Crippen LogP contribution in [0.4, 0.5) is 0 Å². The number of aliphatic hydroxyl groups is 6. The Morgan fingerprint density at radius 3 is 2.16 bits per heavy atom. The van der Waals surface area contributed by atoms with Crippen LogP contribution in [0.15, 0.2) is 11.6 Å². The molecule has 44 heavy (non-hydrogen) atoms. The van der Waals surface area contributed by atoms with E-state index in [1.54, 1.807) is 5.57 Å². The van der Waals surface area contributed by atoms with Crippen molar-refractivity contribution in [2.24, 2.45) is 50.2 Å². The summed E-state index contributed by atoms with van der Waals surface area (Å²) in [5.41, 5.74) is 1.03. The second-order valence-corrected chi connectivity index (χ2v) is 18.0. The van der Waals surface area contributed by atoms with E-state index in [9.17, 15) is 30.6 Å². The van der Waals surface area contributed by atoms with Crippen molar-refractivity contribution in [1.29, 1.82) is 0 Å². The number of aliphatic hydroxyl groups excluding tert-OH is 6. The van der Waals surface area contributed by atoms with E-state index in [0.717, 1.165) is 57.8 Å². The van der Waals surface area contributed by atoms with Crippen LogP contribution in [0.1, 0.15) is 106 Å². The summed E-state index contributed by atoms with van der Waals surface area (Å²) >= 11 is 0. The first-order valence-electron chi connectivity index (χ1n) is 17.4. The molecule has 1 heterocycles. The van der Waals surface area contributed by atoms with Gasteiger partial charge in [-0.2, -0.15) is 0 Å². The first kappa shape index (κ1) is 33.3. The minimum atomic E-state index is -1.45. The largest absolute Gasteiger partial charge is 0.396 e. The number of rotatable bonds is 4. The lowest BCUT2D eigenvalue weighted by Gasteiger charge is -2.72. The highest BCUT2D eigenvalue weighted by Gasteiger charge is 2.69. The maximum Gasteiger partial charge on any atom is 0.186 e. The molecule has 5 fully saturated rings. The number of hydrogen-bond donors (Lipinski definition) is 6. The zero-order valence-corrected chi connectivity index (χ0v) is 28.1. The van der Waals surface area contributed by atoms with Crippen molar-refractivity contribution in [3.05, 3.63) is 11.6 Å². The van der Waals surface area contributed by atoms with E-state index in [0.29, 0.717) is 17.8 Å². The summed E-state index contributed by atoms with van der Waals surface area (Å²) in [7, 11) is 0. The molecule has 15 atom stereocenters. The van der Waals surface area contributed by atoms with Crippen molar-refractivity contribution >= 4 is 0 Å². The lowest BCUT2D eigenvalue weighted by molar-refractivity contribution is -0.328. The molecule has 0 aromatic heterocycles. The summed E-state index contributed by atoms with van der Waals surface area (Å²) < 4.78 is 12.5. The van der Waals surface area contributed by atoms with Gasteiger partial charge in [-0.25, -0.2) is 0 Å². The van der Waals surface area contributed by atoms with Crippen molar-refractivity contribution in [3.63, 3.8) is 0 Å². The van der Waals surface area contributed by atoms with Crippen LogP contribution < -0.4 is 0 Å². The van der Waals surface area contributed by atoms with Gasteiger partial charge in [0.25, 0.3) is 0 Å². The average molecular weight is 621 g/mol. The molecule has 0 aromatic rings. The molecule has 1 saturated heterocycles. The Morgan fingerprint density at radius 1 is 0.795 bits per heavy atom. The first-order chi connectivity index (χ1) is 20.4. The molecular formula is C36H60O8. The highest BCUT2D eigenvalue weighted by Crippen LogP contribution is 2.75. The topological polar surface area (TPSA) is 140 Å². The maximum absolute atomic E-state index is 11.1. The minimum Gasteiger partial charge on any atom is -0.396 e. The monoisotopic (exact) mass is 620 g/mol. The predicted molar refractivity (Wildman–Crippen MR) is 166 cm³/mol. The molecule has 0 aromatic carbocycles. The third kappa shape index (κ3) is 4.44. The van der Waals surface area contributed by atoms with Gasteiger partial charge in [-0.3, -0.25) is 0 Å². The smallest absolute Gasteiger partial charge is 0.186 e. The standard InChI is InChI=1S/C36H60O8/c1-31(2)16-21-20-8-9-24-33(4)12-11-25(39)34(5,19-38)23(33)10-13-36(24,7)35(20,6)15-14-32(21,3)26(17-31)44-30-29(42)28(41)27(40)22(18-37)43-30/h8,21-30,37-42H,9-19H2,1-7H3/t21-,22-,23-,24+,25-,26+,27-,28+,29-,30+,32+,33-,34+,35+,36+/m0/s1. The fraction of sp³-hybridized carbons (Fsp3) is 0.944. The molecule has 0 unspecified atom stereocenters. The molecule has 0 spiro atoms. The Morgan fingerprint density at radius 2 is 1.50 bits per heavy atom. The Hall–Kier alpha value is -0.580. The normalized spacial score (nSPS) is 56.9. The summed E-state index contributed by atoms with van der Waals surface area (Å²) in [5.74, 6) is 1.06. The summed E-state index contributed by atoms with van der Waals surface area (Å²) in [4.78, 5) is 0. The molecule has 6 N–H and O–H groups in total. The summed E-state index contributed by atoms with van der Waals surface area (Å²) in [6.45, 7) is 16.1. The third-order valence-corrected chi connectivity index (χ3v) is 15.4. The van der Waals surface area contributed by atoms with Crippen molar-refractivity contribution in [1.82, 2.24) is 0 Å². The molecule has 252 valence electrons. The lowest BCUT2D eigenvalue weighted by atomic mass is 9.33. The highest BCUT2D eigenvalue weighted by atomic mass is 16.7. The molecule has 8 nitrogen and oxygen atoms in total. The molecule has 0 amide bonds. The van der Waals surface area contributed by atoms with Gasteiger partial charge in [0.15, 0.2) is 6.29 Å². The zero-order chi connectivity index (χ0) is 32.3. The van der Waals surface area contributed by atoms with Crippen LogP contribution >= 0.6 is 0 Å². The van der Waals surface area contributed by atoms with Crippen LogP contribution in [0.3, 0.4) is 0 Å². The second-order valence-electron chi connectivity index (χ2n) is 18.0. The lowest BCUT2D eigenvalue weighted by Crippen LogP contribution is -2.66. The number of fused-ring (bicyclic) bond motifs is 7. The average Bonchev–Trinajstić information content (AvgIpc) is 2.96. The predicted octanol–water partition coefficient (Wildman–Crippen LogP) is 3.94. The Labute approximate surface area is 264 Å². The van der Waals surface area contributed by atoms with Gasteiger partial charge in [-0.15, -0.1) is 0 Å². The second kappa shape index (κ2) is 10.7. The van der Waals surface area contributed by atoms with Crippen LogP contribution in [-0.4, -0.2) is 86.8 Å². The summed E-state index contributed by atoms with van der Waals surface area (Å²) in [6.07, 6.45) is 4.22. The SMILES string of the molecule is CC1(C)C[C@@H](O[C@H]2O[C@@H](CO)[C@H](O)[C@@H](O)[C@@H]2O)[C@]2(C)CC[C@]3(C)C(=CC[C@@H]4[C@@]5(C)CC[C@H](O)[C@](C)(CO)[C@H]5CC[C@]43C)[C@@H]2C1. The van der Waals surface area contributed by atoms with E-state index in [1.807, 2.05) is 0 Å². The summed E-state index contributed by atoms with van der Waals surface area (Å²) in [5, 5.41) is 63.1. The molecule has 1 aliphatic heterocycles. The molecule has 4 saturated carbocycles. The van der Waals surface area contributed by atoms with Crippen LogP contribution in [0.25, 0.3) is 0 Å². The van der Waals surface area contributed by atoms with Crippen molar-refractivity contribution in [2.45, 2.75) is 149 Å². The van der Waals surface area contributed by atoms with Gasteiger partial charge in [0.2, 0.25) is 0 Å². The summed E-state index contributed by atoms with van der Waals surface area (Å²) in [6, 6.07) is 0. The van der Waals surface area contributed by atoms with E-state index in [-0.39, 0.29) is 39.8 Å². The Balaban J connectivity index is 1.34. The fourth-order valence-corrected chi connectivity index (χ4v) is 12.2. The van der Waals surface area contributed by atoms with E-state index in [2.05, 4.69) is 54.5 Å². The van der Waals surface area contributed by atoms with E-state index < -0.39 is 48.8 Å². The van der Waals surface area contributed by atoms with Gasteiger partial charge in [-0.05, 0) is 97.2 Å². The Kier molecular flexibility index (Phi) is 8.11. The van der Waals surface area contributed by atoms with E-state index in [1.165, 1.54) is 0 Å². The molecular weight excluding hydrogens is 560 g/mol. The maximum atomic E-state index is 11.1. The van der Waals surface area contributed by atoms with Crippen LogP contribution in [0.2, 0.25) is 0 Å². The molecule has 0 radical (unpaired) electrons. The molecule has 6 aliphatic rings. The molecule has 8 heteroatoms. The van der Waals surface area contributed by atoms with Crippen molar-refractivity contribution in [3.8, 4) is 0 Å². The van der Waals surface area contributed by atoms with Gasteiger partial charge in [0, 0.05) is 10.8 Å². The number of ether oxygens (including phenoxy) is 2. The van der Waals surface area contributed by atoms with Crippen molar-refractivity contribution < 1.29 is 40.1 Å². The van der Waals surface area contributed by atoms with Crippen LogP contribution in [0, 0.1) is 50.2 Å². The van der Waals surface area contributed by atoms with Crippen molar-refractivity contribution in [2.75, 3.05) is 13.2 Å². The molecule has 6 rings (SSSR count). The fourth-order valence-electron chi connectivity index (χ4n) is 12.2. The molecule has 5 aliphatic carbocycles. The molecule has 0 bridgehead atoms.